The number of ketones is 1. The van der Waals surface area contributed by atoms with Gasteiger partial charge in [0, 0.05) is 22.3 Å². The smallest absolute Gasteiger partial charge is 0.195 e. The Bertz CT molecular complexity index is 2440. The fourth-order valence-electron chi connectivity index (χ4n) is 8.22. The van der Waals surface area contributed by atoms with Crippen LogP contribution < -0.4 is 0 Å². The highest BCUT2D eigenvalue weighted by molar-refractivity contribution is 6.62. The van der Waals surface area contributed by atoms with E-state index in [1.807, 2.05) is 0 Å². The molecule has 0 saturated carbocycles. The Hall–Kier alpha value is -4.49. The van der Waals surface area contributed by atoms with Crippen LogP contribution in [-0.4, -0.2) is 5.78 Å². The Kier molecular flexibility index (Phi) is 6.73. The maximum Gasteiger partial charge on any atom is 0.195 e. The van der Waals surface area contributed by atoms with Crippen LogP contribution in [0.25, 0.3) is 54.6 Å². The molecule has 0 spiro atoms. The van der Waals surface area contributed by atoms with E-state index in [1.54, 1.807) is 0 Å². The van der Waals surface area contributed by atoms with Crippen LogP contribution in [0.1, 0.15) is 128 Å². The zero-order valence-corrected chi connectivity index (χ0v) is 32.0. The van der Waals surface area contributed by atoms with Crippen molar-refractivity contribution >= 4 is 60.4 Å². The van der Waals surface area contributed by atoms with Crippen molar-refractivity contribution in [1.82, 2.24) is 0 Å². The quantitative estimate of drug-likeness (QED) is 0.170. The van der Waals surface area contributed by atoms with Crippen molar-refractivity contribution in [2.24, 2.45) is 0 Å². The molecule has 6 aromatic rings. The number of hydrogen-bond acceptors (Lipinski definition) is 1. The highest BCUT2D eigenvalue weighted by atomic mass is 16.1. The van der Waals surface area contributed by atoms with E-state index in [2.05, 4.69) is 168 Å². The van der Waals surface area contributed by atoms with Crippen LogP contribution in [0.4, 0.5) is 0 Å². The van der Waals surface area contributed by atoms with Gasteiger partial charge in [-0.2, -0.15) is 0 Å². The lowest BCUT2D eigenvalue weighted by Crippen LogP contribution is -2.18. The van der Waals surface area contributed by atoms with Gasteiger partial charge in [0.2, 0.25) is 0 Å². The summed E-state index contributed by atoms with van der Waals surface area (Å²) in [5, 5.41) is 7.65. The predicted molar refractivity (Wildman–Crippen MR) is 216 cm³/mol. The van der Waals surface area contributed by atoms with E-state index >= 15 is 4.79 Å². The van der Waals surface area contributed by atoms with Crippen LogP contribution in [-0.2, 0) is 26.5 Å². The molecule has 0 aliphatic heterocycles. The van der Waals surface area contributed by atoms with E-state index in [9.17, 15) is 0 Å². The summed E-state index contributed by atoms with van der Waals surface area (Å²) < 4.78 is 0. The minimum atomic E-state index is -0.0753. The van der Waals surface area contributed by atoms with E-state index in [-0.39, 0.29) is 27.4 Å². The number of allylic oxidation sites excluding steroid dienone is 4. The van der Waals surface area contributed by atoms with Crippen molar-refractivity contribution in [1.29, 1.82) is 0 Å². The molecule has 0 atom stereocenters. The van der Waals surface area contributed by atoms with Crippen molar-refractivity contribution in [3.8, 4) is 0 Å². The summed E-state index contributed by atoms with van der Waals surface area (Å²) in [6.07, 6.45) is 0. The summed E-state index contributed by atoms with van der Waals surface area (Å²) in [6, 6.07) is 32.0. The van der Waals surface area contributed by atoms with Gasteiger partial charge in [0.1, 0.15) is 0 Å². The van der Waals surface area contributed by atoms with Crippen molar-refractivity contribution in [2.75, 3.05) is 0 Å². The molecule has 0 radical (unpaired) electrons. The average molecular weight is 655 g/mol. The SMILES string of the molecule is CC(C)(C)c1cc(C2=C3C(=C(c4cc(C(C)(C)C)cc(C(C)(C)C)c4)C2=O)c2cc4cccc5ccc6ccc3c2c6c54)cc(C(C)(C)C)c1. The third kappa shape index (κ3) is 4.84. The summed E-state index contributed by atoms with van der Waals surface area (Å²) >= 11 is 0. The lowest BCUT2D eigenvalue weighted by molar-refractivity contribution is -0.108. The Morgan fingerprint density at radius 3 is 1.22 bits per heavy atom. The van der Waals surface area contributed by atoms with Crippen molar-refractivity contribution < 1.29 is 4.79 Å². The lowest BCUT2D eigenvalue weighted by atomic mass is 9.77. The maximum absolute atomic E-state index is 15.6. The fourth-order valence-corrected chi connectivity index (χ4v) is 8.22. The largest absolute Gasteiger partial charge is 0.289 e. The molecule has 0 bridgehead atoms. The van der Waals surface area contributed by atoms with Gasteiger partial charge in [-0.1, -0.05) is 162 Å². The van der Waals surface area contributed by atoms with Gasteiger partial charge >= 0.3 is 0 Å². The summed E-state index contributed by atoms with van der Waals surface area (Å²) in [5.74, 6) is 0.135. The van der Waals surface area contributed by atoms with E-state index in [1.165, 1.54) is 65.7 Å². The number of hydrogen-bond donors (Lipinski definition) is 0. The van der Waals surface area contributed by atoms with Crippen LogP contribution >= 0.6 is 0 Å². The average Bonchev–Trinajstić information content (AvgIpc) is 3.50. The molecular formula is C49H50O. The first kappa shape index (κ1) is 32.7. The molecule has 252 valence electrons. The second-order valence-corrected chi connectivity index (χ2v) is 19.1. The zero-order chi connectivity index (χ0) is 35.9. The molecule has 0 fully saturated rings. The first-order valence-corrected chi connectivity index (χ1v) is 18.3. The molecular weight excluding hydrogens is 605 g/mol. The van der Waals surface area contributed by atoms with E-state index < -0.39 is 0 Å². The summed E-state index contributed by atoms with van der Waals surface area (Å²) in [7, 11) is 0. The van der Waals surface area contributed by atoms with Crippen LogP contribution in [0.5, 0.6) is 0 Å². The molecule has 0 N–H and O–H groups in total. The van der Waals surface area contributed by atoms with Gasteiger partial charge in [0.25, 0.3) is 0 Å². The van der Waals surface area contributed by atoms with Crippen LogP contribution in [0.3, 0.4) is 0 Å². The summed E-state index contributed by atoms with van der Waals surface area (Å²) in [5.41, 5.74) is 13.0. The normalized spacial score (nSPS) is 15.5. The standard InChI is InChI=1S/C49H50O/c1-46(2,3)32-20-30(21-33(25-32)47(4,5)6)40-43-36-19-18-28-17-16-27-14-13-15-29-24-37(42(36)39(28)38(27)29)44(43)41(45(40)50)31-22-34(48(7,8)9)26-35(23-31)49(10,11)12/h13-26H,1-12H3. The number of Topliss-reactive ketones (excluding diaryl/α,β-unsaturated/α-hetero) is 1. The van der Waals surface area contributed by atoms with Gasteiger partial charge in [-0.15, -0.1) is 0 Å². The number of carbonyl (C=O) groups excluding carboxylic acids is 1. The Morgan fingerprint density at radius 2 is 0.760 bits per heavy atom. The van der Waals surface area contributed by atoms with Gasteiger partial charge in [-0.3, -0.25) is 4.79 Å². The highest BCUT2D eigenvalue weighted by Gasteiger charge is 2.42. The molecule has 50 heavy (non-hydrogen) atoms. The summed E-state index contributed by atoms with van der Waals surface area (Å²) in [6.45, 7) is 27.3. The van der Waals surface area contributed by atoms with Crippen molar-refractivity contribution in [3.63, 3.8) is 0 Å². The molecule has 1 heteroatoms. The lowest BCUT2D eigenvalue weighted by Gasteiger charge is -2.27. The number of benzene rings is 6. The number of rotatable bonds is 2. The first-order valence-electron chi connectivity index (χ1n) is 18.3. The van der Waals surface area contributed by atoms with Gasteiger partial charge in [0.15, 0.2) is 5.78 Å². The zero-order valence-electron chi connectivity index (χ0n) is 32.0. The van der Waals surface area contributed by atoms with E-state index in [0.29, 0.717) is 0 Å². The van der Waals surface area contributed by atoms with Crippen LogP contribution in [0.2, 0.25) is 0 Å². The minimum Gasteiger partial charge on any atom is -0.289 e. The van der Waals surface area contributed by atoms with Gasteiger partial charge in [0.05, 0.1) is 0 Å². The molecule has 0 saturated heterocycles. The monoisotopic (exact) mass is 654 g/mol. The Balaban J connectivity index is 1.54. The predicted octanol–water partition coefficient (Wildman–Crippen LogP) is 13.2. The molecule has 6 aromatic carbocycles. The topological polar surface area (TPSA) is 17.1 Å². The fraction of sp³-hybridized carbons (Fsp3) is 0.327. The second kappa shape index (κ2) is 10.3. The third-order valence-corrected chi connectivity index (χ3v) is 11.3. The Morgan fingerprint density at radius 1 is 0.360 bits per heavy atom. The second-order valence-electron chi connectivity index (χ2n) is 19.1. The molecule has 0 heterocycles. The van der Waals surface area contributed by atoms with E-state index in [0.717, 1.165) is 33.4 Å². The maximum atomic E-state index is 15.6. The highest BCUT2D eigenvalue weighted by Crippen LogP contribution is 2.59. The van der Waals surface area contributed by atoms with Gasteiger partial charge in [-0.25, -0.2) is 0 Å². The van der Waals surface area contributed by atoms with Gasteiger partial charge < -0.3 is 0 Å². The van der Waals surface area contributed by atoms with Crippen molar-refractivity contribution in [3.05, 3.63) is 129 Å². The molecule has 1 nitrogen and oxygen atoms in total. The molecule has 2 aliphatic rings. The molecule has 0 amide bonds. The Labute approximate surface area is 298 Å². The summed E-state index contributed by atoms with van der Waals surface area (Å²) in [4.78, 5) is 15.6. The van der Waals surface area contributed by atoms with E-state index in [4.69, 9.17) is 0 Å². The molecule has 8 rings (SSSR count). The molecule has 0 unspecified atom stereocenters. The minimum absolute atomic E-state index is 0.0738. The van der Waals surface area contributed by atoms with Crippen molar-refractivity contribution in [2.45, 2.75) is 105 Å². The van der Waals surface area contributed by atoms with Gasteiger partial charge in [-0.05, 0) is 105 Å². The number of fused-ring (bicyclic) bond motifs is 3. The number of carbonyl (C=O) groups is 1. The molecule has 0 aromatic heterocycles. The van der Waals surface area contributed by atoms with Crippen LogP contribution in [0, 0.1) is 0 Å². The first-order chi connectivity index (χ1) is 23.2. The van der Waals surface area contributed by atoms with Crippen LogP contribution in [0.15, 0.2) is 84.9 Å². The molecule has 2 aliphatic carbocycles. The third-order valence-electron chi connectivity index (χ3n) is 11.3.